The van der Waals surface area contributed by atoms with Crippen molar-refractivity contribution in [1.82, 2.24) is 19.2 Å². The Labute approximate surface area is 285 Å². The maximum atomic E-state index is 14.3. The Morgan fingerprint density at radius 2 is 1.83 bits per heavy atom. The molecule has 0 spiro atoms. The third-order valence-electron chi connectivity index (χ3n) is 8.49. The fourth-order valence-electron chi connectivity index (χ4n) is 5.96. The van der Waals surface area contributed by atoms with Crippen molar-refractivity contribution < 1.29 is 19.0 Å². The van der Waals surface area contributed by atoms with E-state index in [0.29, 0.717) is 49.1 Å². The second-order valence-corrected chi connectivity index (χ2v) is 13.5. The highest BCUT2D eigenvalue weighted by Crippen LogP contribution is 2.38. The van der Waals surface area contributed by atoms with E-state index >= 15 is 0 Å². The first kappa shape index (κ1) is 34.1. The number of benzene rings is 2. The zero-order valence-electron chi connectivity index (χ0n) is 27.2. The molecule has 1 amide bonds. The van der Waals surface area contributed by atoms with E-state index in [1.807, 2.05) is 41.4 Å². The number of carbonyl (C=O) groups excluding carboxylic acids is 1. The number of nitrogens with zero attached hydrogens (tertiary/aromatic N) is 4. The van der Waals surface area contributed by atoms with Gasteiger partial charge in [-0.3, -0.25) is 4.79 Å². The summed E-state index contributed by atoms with van der Waals surface area (Å²) in [7, 11) is 3.27. The topological polar surface area (TPSA) is 68.5 Å². The minimum Gasteiger partial charge on any atom is -0.496 e. The minimum atomic E-state index is -0.168. The van der Waals surface area contributed by atoms with Gasteiger partial charge in [-0.1, -0.05) is 47.4 Å². The number of hydrogen-bond donors (Lipinski definition) is 0. The van der Waals surface area contributed by atoms with Gasteiger partial charge in [-0.25, -0.2) is 4.98 Å². The van der Waals surface area contributed by atoms with Crippen LogP contribution in [0.15, 0.2) is 59.2 Å². The van der Waals surface area contributed by atoms with Gasteiger partial charge < -0.3 is 28.4 Å². The molecule has 1 saturated heterocycles. The zero-order chi connectivity index (χ0) is 32.6. The molecule has 3 heterocycles. The van der Waals surface area contributed by atoms with Crippen molar-refractivity contribution in [3.8, 4) is 17.2 Å². The lowest BCUT2D eigenvalue weighted by atomic mass is 10.1. The van der Waals surface area contributed by atoms with E-state index < -0.39 is 0 Å². The van der Waals surface area contributed by atoms with Gasteiger partial charge in [0.25, 0.3) is 5.91 Å². The Morgan fingerprint density at radius 3 is 2.57 bits per heavy atom. The lowest BCUT2D eigenvalue weighted by molar-refractivity contribution is 0.0733. The molecule has 0 saturated carbocycles. The molecule has 0 N–H and O–H groups in total. The van der Waals surface area contributed by atoms with Crippen molar-refractivity contribution in [2.75, 3.05) is 47.0 Å². The smallest absolute Gasteiger partial charge is 0.255 e. The molecule has 10 heteroatoms. The minimum absolute atomic E-state index is 0.168. The van der Waals surface area contributed by atoms with Crippen molar-refractivity contribution in [2.45, 2.75) is 52.5 Å². The molecule has 0 atom stereocenters. The van der Waals surface area contributed by atoms with Crippen molar-refractivity contribution in [3.63, 3.8) is 0 Å². The van der Waals surface area contributed by atoms with Gasteiger partial charge >= 0.3 is 0 Å². The second kappa shape index (κ2) is 16.0. The molecule has 46 heavy (non-hydrogen) atoms. The number of halogens is 2. The van der Waals surface area contributed by atoms with E-state index in [1.54, 1.807) is 26.4 Å². The van der Waals surface area contributed by atoms with E-state index in [9.17, 15) is 4.79 Å². The van der Waals surface area contributed by atoms with E-state index in [1.165, 1.54) is 12.8 Å². The quantitative estimate of drug-likeness (QED) is 0.117. The third-order valence-corrected chi connectivity index (χ3v) is 9.36. The van der Waals surface area contributed by atoms with Gasteiger partial charge in [0.05, 0.1) is 49.3 Å². The van der Waals surface area contributed by atoms with Gasteiger partial charge in [0, 0.05) is 35.7 Å². The lowest BCUT2D eigenvalue weighted by Crippen LogP contribution is -2.33. The monoisotopic (exact) mass is 710 g/mol. The van der Waals surface area contributed by atoms with Crippen LogP contribution in [0.25, 0.3) is 5.65 Å². The highest BCUT2D eigenvalue weighted by molar-refractivity contribution is 9.10. The molecule has 2 aromatic carbocycles. The highest BCUT2D eigenvalue weighted by Gasteiger charge is 2.26. The highest BCUT2D eigenvalue weighted by atomic mass is 79.9. The third kappa shape index (κ3) is 8.17. The number of methoxy groups -OCH3 is 2. The van der Waals surface area contributed by atoms with Gasteiger partial charge in [-0.15, -0.1) is 0 Å². The Bertz CT molecular complexity index is 1640. The molecule has 1 aliphatic heterocycles. The summed E-state index contributed by atoms with van der Waals surface area (Å²) in [4.78, 5) is 23.7. The van der Waals surface area contributed by atoms with Gasteiger partial charge in [0.2, 0.25) is 0 Å². The maximum Gasteiger partial charge on any atom is 0.255 e. The van der Waals surface area contributed by atoms with Gasteiger partial charge in [0.1, 0.15) is 11.4 Å². The summed E-state index contributed by atoms with van der Waals surface area (Å²) in [5, 5.41) is 0.272. The Morgan fingerprint density at radius 1 is 1.07 bits per heavy atom. The van der Waals surface area contributed by atoms with Crippen molar-refractivity contribution >= 4 is 39.1 Å². The number of likely N-dealkylation sites (tertiary alicyclic amines) is 1. The molecular weight excluding hydrogens is 668 g/mol. The normalized spacial score (nSPS) is 13.5. The van der Waals surface area contributed by atoms with Crippen LogP contribution in [0.5, 0.6) is 17.2 Å². The maximum absolute atomic E-state index is 14.3. The SMILES string of the molecule is COc1ccc(Br)cc1Cc1c(CN(CCC(C)C)C(=O)c2ccc(OC)c(OCCCN3CCCC3)c2Cl)nc2ccccn12. The van der Waals surface area contributed by atoms with Crippen LogP contribution in [0.3, 0.4) is 0 Å². The predicted octanol–water partition coefficient (Wildman–Crippen LogP) is 7.91. The molecular formula is C36H44BrClN4O4. The first-order chi connectivity index (χ1) is 22.3. The van der Waals surface area contributed by atoms with Crippen LogP contribution in [0, 0.1) is 5.92 Å². The number of pyridine rings is 1. The molecule has 246 valence electrons. The van der Waals surface area contributed by atoms with Crippen molar-refractivity contribution in [1.29, 1.82) is 0 Å². The van der Waals surface area contributed by atoms with Crippen molar-refractivity contribution in [2.24, 2.45) is 5.92 Å². The average Bonchev–Trinajstić information content (AvgIpc) is 3.69. The number of imidazole rings is 1. The van der Waals surface area contributed by atoms with Crippen LogP contribution < -0.4 is 14.2 Å². The van der Waals surface area contributed by atoms with Crippen LogP contribution in [-0.2, 0) is 13.0 Å². The summed E-state index contributed by atoms with van der Waals surface area (Å²) in [6.45, 7) is 8.96. The summed E-state index contributed by atoms with van der Waals surface area (Å²) in [6.07, 6.45) is 6.81. The molecule has 0 aliphatic carbocycles. The van der Waals surface area contributed by atoms with E-state index in [0.717, 1.165) is 65.3 Å². The Kier molecular flexibility index (Phi) is 11.9. The standard InChI is InChI=1S/C36H44BrClN4O4/c1-25(2)15-20-41(36(43)28-12-14-32(45-4)35(34(28)38)46-21-9-18-40-16-7-8-17-40)24-29-30(42-19-6-5-10-33(42)39-29)23-26-22-27(37)11-13-31(26)44-3/h5-6,10-14,19,22,25H,7-9,15-18,20-21,23-24H2,1-4H3. The second-order valence-electron chi connectivity index (χ2n) is 12.2. The van der Waals surface area contributed by atoms with Crippen LogP contribution in [0.4, 0.5) is 0 Å². The molecule has 1 aliphatic rings. The number of amides is 1. The van der Waals surface area contributed by atoms with Crippen LogP contribution in [-0.4, -0.2) is 72.1 Å². The number of fused-ring (bicyclic) bond motifs is 1. The van der Waals surface area contributed by atoms with E-state index in [2.05, 4.69) is 45.1 Å². The molecule has 0 radical (unpaired) electrons. The number of rotatable bonds is 15. The first-order valence-corrected chi connectivity index (χ1v) is 17.2. The lowest BCUT2D eigenvalue weighted by Gasteiger charge is -2.25. The molecule has 0 unspecified atom stereocenters. The molecule has 4 aromatic rings. The number of ether oxygens (including phenoxy) is 3. The summed E-state index contributed by atoms with van der Waals surface area (Å²) < 4.78 is 20.5. The van der Waals surface area contributed by atoms with Crippen LogP contribution in [0.2, 0.25) is 5.02 Å². The Balaban J connectivity index is 1.44. The largest absolute Gasteiger partial charge is 0.496 e. The van der Waals surface area contributed by atoms with Gasteiger partial charge in [0.15, 0.2) is 11.5 Å². The van der Waals surface area contributed by atoms with Gasteiger partial charge in [-0.05, 0) is 87.2 Å². The summed E-state index contributed by atoms with van der Waals surface area (Å²) in [5.41, 5.74) is 4.06. The molecule has 5 rings (SSSR count). The molecule has 1 fully saturated rings. The molecule has 2 aromatic heterocycles. The fraction of sp³-hybridized carbons (Fsp3) is 0.444. The molecule has 0 bridgehead atoms. The predicted molar refractivity (Wildman–Crippen MR) is 187 cm³/mol. The number of hydrogen-bond acceptors (Lipinski definition) is 6. The Hall–Kier alpha value is -3.27. The van der Waals surface area contributed by atoms with E-state index in [4.69, 9.17) is 30.8 Å². The fourth-order valence-corrected chi connectivity index (χ4v) is 6.66. The summed E-state index contributed by atoms with van der Waals surface area (Å²) in [5.74, 6) is 1.96. The number of carbonyl (C=O) groups is 1. The van der Waals surface area contributed by atoms with Crippen LogP contribution in [0.1, 0.15) is 66.8 Å². The summed E-state index contributed by atoms with van der Waals surface area (Å²) >= 11 is 10.6. The van der Waals surface area contributed by atoms with E-state index in [-0.39, 0.29) is 10.9 Å². The summed E-state index contributed by atoms with van der Waals surface area (Å²) in [6, 6.07) is 15.4. The first-order valence-electron chi connectivity index (χ1n) is 16.1. The zero-order valence-corrected chi connectivity index (χ0v) is 29.6. The van der Waals surface area contributed by atoms with Crippen molar-refractivity contribution in [3.05, 3.63) is 86.7 Å². The van der Waals surface area contributed by atoms with Crippen LogP contribution >= 0.6 is 27.5 Å². The van der Waals surface area contributed by atoms with Gasteiger partial charge in [-0.2, -0.15) is 0 Å². The number of aromatic nitrogens is 2. The average molecular weight is 712 g/mol. The molecule has 8 nitrogen and oxygen atoms in total.